The van der Waals surface area contributed by atoms with Gasteiger partial charge in [0.05, 0.1) is 17.8 Å². The highest BCUT2D eigenvalue weighted by Gasteiger charge is 2.71. The highest BCUT2D eigenvalue weighted by atomic mass is 19.4. The third-order valence-electron chi connectivity index (χ3n) is 6.17. The zero-order valence-corrected chi connectivity index (χ0v) is 19.0. The van der Waals surface area contributed by atoms with E-state index in [-0.39, 0.29) is 30.6 Å². The second kappa shape index (κ2) is 8.07. The molecule has 0 unspecified atom stereocenters. The summed E-state index contributed by atoms with van der Waals surface area (Å²) in [5.41, 5.74) is -3.84. The van der Waals surface area contributed by atoms with Crippen LogP contribution in [0, 0.1) is 12.3 Å². The molecule has 2 aliphatic rings. The van der Waals surface area contributed by atoms with Gasteiger partial charge in [-0.15, -0.1) is 0 Å². The molecule has 1 aromatic carbocycles. The van der Waals surface area contributed by atoms with Crippen molar-refractivity contribution in [3.05, 3.63) is 76.8 Å². The summed E-state index contributed by atoms with van der Waals surface area (Å²) in [7, 11) is 0. The summed E-state index contributed by atoms with van der Waals surface area (Å²) in [6.07, 6.45) is -3.88. The van der Waals surface area contributed by atoms with Gasteiger partial charge in [0.2, 0.25) is 5.54 Å². The number of halogens is 3. The van der Waals surface area contributed by atoms with E-state index in [1.54, 1.807) is 45.0 Å². The van der Waals surface area contributed by atoms with E-state index in [2.05, 4.69) is 4.98 Å². The molecule has 178 valence electrons. The highest BCUT2D eigenvalue weighted by Crippen LogP contribution is 2.52. The Balaban J connectivity index is 1.88. The van der Waals surface area contributed by atoms with Crippen LogP contribution >= 0.6 is 0 Å². The number of rotatable bonds is 4. The van der Waals surface area contributed by atoms with Crippen LogP contribution in [0.25, 0.3) is 0 Å². The molecule has 1 atom stereocenters. The molecule has 0 radical (unpaired) electrons. The molecule has 0 saturated carbocycles. The second-order valence-electron chi connectivity index (χ2n) is 9.55. The molecular formula is C25H24F3N3O3. The number of ketones is 1. The molecule has 1 aliphatic heterocycles. The molecule has 4 rings (SSSR count). The van der Waals surface area contributed by atoms with Crippen molar-refractivity contribution in [3.8, 4) is 0 Å². The average molecular weight is 471 g/mol. The van der Waals surface area contributed by atoms with Crippen LogP contribution in [0.15, 0.2) is 59.9 Å². The summed E-state index contributed by atoms with van der Waals surface area (Å²) in [5.74, 6) is -3.29. The monoisotopic (exact) mass is 471 g/mol. The first-order valence-electron chi connectivity index (χ1n) is 10.8. The minimum Gasteiger partial charge on any atom is -0.326 e. The Morgan fingerprint density at radius 3 is 2.47 bits per heavy atom. The third kappa shape index (κ3) is 3.89. The van der Waals surface area contributed by atoms with Gasteiger partial charge < -0.3 is 10.2 Å². The largest absolute Gasteiger partial charge is 0.425 e. The molecular weight excluding hydrogens is 447 g/mol. The molecule has 1 aliphatic carbocycles. The molecule has 0 fully saturated rings. The maximum atomic E-state index is 14.8. The standard InChI is InChI=1S/C25H24F3N3O3/c1-15-7-6-8-16(11-15)21(33)30-24(25(26,27)28)20-18(12-23(2,3)13-19(20)32)31(22(24)34)14-17-9-4-5-10-29-17/h4-11H,12-14H2,1-3H3,(H,30,33)/t24-/m0/s1. The summed E-state index contributed by atoms with van der Waals surface area (Å²) < 4.78 is 44.4. The first-order chi connectivity index (χ1) is 15.9. The van der Waals surface area contributed by atoms with Crippen molar-refractivity contribution in [1.29, 1.82) is 0 Å². The Kier molecular flexibility index (Phi) is 5.62. The minimum absolute atomic E-state index is 0.0150. The number of aromatic nitrogens is 1. The van der Waals surface area contributed by atoms with Crippen molar-refractivity contribution >= 4 is 17.6 Å². The lowest BCUT2D eigenvalue weighted by Crippen LogP contribution is -2.66. The number of Topliss-reactive ketones (excluding diaryl/α,β-unsaturated/α-hetero) is 1. The predicted octanol–water partition coefficient (Wildman–Crippen LogP) is 4.11. The van der Waals surface area contributed by atoms with Crippen LogP contribution in [0.5, 0.6) is 0 Å². The van der Waals surface area contributed by atoms with Crippen molar-refractivity contribution in [2.75, 3.05) is 0 Å². The molecule has 2 aromatic rings. The van der Waals surface area contributed by atoms with Crippen molar-refractivity contribution in [3.63, 3.8) is 0 Å². The zero-order valence-electron chi connectivity index (χ0n) is 19.0. The fourth-order valence-electron chi connectivity index (χ4n) is 4.68. The molecule has 34 heavy (non-hydrogen) atoms. The minimum atomic E-state index is -5.25. The average Bonchev–Trinajstić information content (AvgIpc) is 2.97. The number of allylic oxidation sites excluding steroid dienone is 1. The van der Waals surface area contributed by atoms with Gasteiger partial charge in [-0.1, -0.05) is 37.6 Å². The number of carbonyl (C=O) groups is 3. The maximum Gasteiger partial charge on any atom is 0.425 e. The maximum absolute atomic E-state index is 14.8. The number of alkyl halides is 3. The van der Waals surface area contributed by atoms with Crippen molar-refractivity contribution in [2.24, 2.45) is 5.41 Å². The molecule has 0 saturated heterocycles. The van der Waals surface area contributed by atoms with Gasteiger partial charge in [-0.2, -0.15) is 13.2 Å². The van der Waals surface area contributed by atoms with E-state index in [9.17, 15) is 27.6 Å². The summed E-state index contributed by atoms with van der Waals surface area (Å²) in [5, 5.41) is 1.94. The van der Waals surface area contributed by atoms with E-state index in [4.69, 9.17) is 0 Å². The Morgan fingerprint density at radius 2 is 1.85 bits per heavy atom. The quantitative estimate of drug-likeness (QED) is 0.728. The van der Waals surface area contributed by atoms with Gasteiger partial charge in [-0.3, -0.25) is 19.4 Å². The lowest BCUT2D eigenvalue weighted by molar-refractivity contribution is -0.190. The van der Waals surface area contributed by atoms with Crippen LogP contribution in [0.1, 0.15) is 48.3 Å². The van der Waals surface area contributed by atoms with E-state index in [0.717, 1.165) is 4.90 Å². The number of carbonyl (C=O) groups excluding carboxylic acids is 3. The van der Waals surface area contributed by atoms with Crippen LogP contribution in [0.3, 0.4) is 0 Å². The molecule has 0 bridgehead atoms. The Morgan fingerprint density at radius 1 is 1.12 bits per heavy atom. The third-order valence-corrected chi connectivity index (χ3v) is 6.17. The number of pyridine rings is 1. The Labute approximate surface area is 194 Å². The van der Waals surface area contributed by atoms with Crippen LogP contribution in [-0.2, 0) is 16.1 Å². The van der Waals surface area contributed by atoms with E-state index >= 15 is 0 Å². The Hall–Kier alpha value is -3.49. The molecule has 0 spiro atoms. The molecule has 9 heteroatoms. The second-order valence-corrected chi connectivity index (χ2v) is 9.55. The van der Waals surface area contributed by atoms with Crippen molar-refractivity contribution in [1.82, 2.24) is 15.2 Å². The molecule has 6 nitrogen and oxygen atoms in total. The molecule has 2 heterocycles. The SMILES string of the molecule is Cc1cccc(C(=O)N[C@]2(C(F)(F)F)C(=O)N(Cc3ccccn3)C3=C2C(=O)CC(C)(C)C3)c1. The lowest BCUT2D eigenvalue weighted by Gasteiger charge is -2.35. The Bertz CT molecular complexity index is 1200. The van der Waals surface area contributed by atoms with Gasteiger partial charge in [0, 0.05) is 23.9 Å². The van der Waals surface area contributed by atoms with Crippen LogP contribution in [0.2, 0.25) is 0 Å². The van der Waals surface area contributed by atoms with Gasteiger partial charge in [0.15, 0.2) is 5.78 Å². The molecule has 2 amide bonds. The lowest BCUT2D eigenvalue weighted by atomic mass is 9.72. The molecule has 1 N–H and O–H groups in total. The van der Waals surface area contributed by atoms with Gasteiger partial charge >= 0.3 is 6.18 Å². The summed E-state index contributed by atoms with van der Waals surface area (Å²) >= 11 is 0. The summed E-state index contributed by atoms with van der Waals surface area (Å²) in [4.78, 5) is 44.9. The van der Waals surface area contributed by atoms with Crippen LogP contribution in [-0.4, -0.2) is 39.2 Å². The normalized spacial score (nSPS) is 22.1. The predicted molar refractivity (Wildman–Crippen MR) is 117 cm³/mol. The number of hydrogen-bond acceptors (Lipinski definition) is 4. The molecule has 1 aromatic heterocycles. The smallest absolute Gasteiger partial charge is 0.326 e. The first-order valence-corrected chi connectivity index (χ1v) is 10.8. The number of aryl methyl sites for hydroxylation is 1. The fourth-order valence-corrected chi connectivity index (χ4v) is 4.68. The van der Waals surface area contributed by atoms with Crippen LogP contribution in [0.4, 0.5) is 13.2 Å². The number of hydrogen-bond donors (Lipinski definition) is 1. The van der Waals surface area contributed by atoms with E-state index in [1.165, 1.54) is 24.4 Å². The van der Waals surface area contributed by atoms with Crippen molar-refractivity contribution < 1.29 is 27.6 Å². The topological polar surface area (TPSA) is 79.4 Å². The summed E-state index contributed by atoms with van der Waals surface area (Å²) in [6, 6.07) is 10.9. The van der Waals surface area contributed by atoms with Gasteiger partial charge in [0.25, 0.3) is 11.8 Å². The number of amides is 2. The number of benzene rings is 1. The van der Waals surface area contributed by atoms with E-state index in [1.807, 2.05) is 5.32 Å². The van der Waals surface area contributed by atoms with E-state index < -0.39 is 40.3 Å². The fraction of sp³-hybridized carbons (Fsp3) is 0.360. The van der Waals surface area contributed by atoms with Crippen LogP contribution < -0.4 is 5.32 Å². The van der Waals surface area contributed by atoms with E-state index in [0.29, 0.717) is 11.3 Å². The van der Waals surface area contributed by atoms with Crippen molar-refractivity contribution in [2.45, 2.75) is 51.9 Å². The number of nitrogens with one attached hydrogen (secondary N) is 1. The highest BCUT2D eigenvalue weighted by molar-refractivity contribution is 6.14. The zero-order chi connectivity index (χ0) is 24.9. The number of nitrogens with zero attached hydrogens (tertiary/aromatic N) is 2. The summed E-state index contributed by atoms with van der Waals surface area (Å²) in [6.45, 7) is 4.97. The first kappa shape index (κ1) is 23.7. The van der Waals surface area contributed by atoms with Gasteiger partial charge in [-0.05, 0) is 43.0 Å². The van der Waals surface area contributed by atoms with Gasteiger partial charge in [0.1, 0.15) is 0 Å². The van der Waals surface area contributed by atoms with Gasteiger partial charge in [-0.25, -0.2) is 0 Å².